The molecule has 1 N–H and O–H groups in total. The van der Waals surface area contributed by atoms with Crippen molar-refractivity contribution in [2.75, 3.05) is 45.5 Å². The molecule has 0 aromatic heterocycles. The van der Waals surface area contributed by atoms with Crippen LogP contribution in [0.2, 0.25) is 0 Å². The van der Waals surface area contributed by atoms with Gasteiger partial charge in [-0.25, -0.2) is 8.42 Å². The Labute approximate surface area is 160 Å². The van der Waals surface area contributed by atoms with Crippen LogP contribution in [0.1, 0.15) is 10.4 Å². The number of nitrogens with one attached hydrogen (secondary N) is 1. The van der Waals surface area contributed by atoms with E-state index in [-0.39, 0.29) is 5.91 Å². The third-order valence-corrected chi connectivity index (χ3v) is 6.07. The molecule has 1 amide bonds. The van der Waals surface area contributed by atoms with E-state index < -0.39 is 10.0 Å². The van der Waals surface area contributed by atoms with Crippen molar-refractivity contribution in [2.45, 2.75) is 0 Å². The number of sulfonamides is 1. The average Bonchev–Trinajstić information content (AvgIpc) is 2.68. The molecule has 3 rings (SSSR count). The van der Waals surface area contributed by atoms with Gasteiger partial charge in [-0.3, -0.25) is 9.69 Å². The van der Waals surface area contributed by atoms with Gasteiger partial charge in [0.2, 0.25) is 10.0 Å². The highest BCUT2D eigenvalue weighted by atomic mass is 32.2. The number of hydrogen-bond acceptors (Lipinski definition) is 4. The van der Waals surface area contributed by atoms with Gasteiger partial charge >= 0.3 is 0 Å². The lowest BCUT2D eigenvalue weighted by Crippen LogP contribution is -2.49. The van der Waals surface area contributed by atoms with Crippen molar-refractivity contribution in [2.24, 2.45) is 0 Å². The van der Waals surface area contributed by atoms with E-state index in [0.29, 0.717) is 44.8 Å². The Morgan fingerprint density at radius 1 is 0.926 bits per heavy atom. The molecule has 2 aromatic carbocycles. The van der Waals surface area contributed by atoms with Gasteiger partial charge in [-0.1, -0.05) is 42.5 Å². The van der Waals surface area contributed by atoms with E-state index in [9.17, 15) is 13.2 Å². The highest BCUT2D eigenvalue weighted by Crippen LogP contribution is 2.19. The molecule has 6 nitrogen and oxygen atoms in total. The molecule has 7 heteroatoms. The Hall–Kier alpha value is -2.22. The summed E-state index contributed by atoms with van der Waals surface area (Å²) < 4.78 is 24.5. The van der Waals surface area contributed by atoms with Crippen molar-refractivity contribution >= 4 is 15.9 Å². The summed E-state index contributed by atoms with van der Waals surface area (Å²) in [6.07, 6.45) is 1.24. The monoisotopic (exact) mass is 387 g/mol. The molecular formula is C20H25N3O3S. The summed E-state index contributed by atoms with van der Waals surface area (Å²) >= 11 is 0. The van der Waals surface area contributed by atoms with Crippen molar-refractivity contribution in [1.29, 1.82) is 0 Å². The maximum atomic E-state index is 12.3. The molecule has 0 aliphatic carbocycles. The number of benzene rings is 2. The van der Waals surface area contributed by atoms with Crippen LogP contribution in [0.4, 0.5) is 0 Å². The summed E-state index contributed by atoms with van der Waals surface area (Å²) in [4.78, 5) is 14.5. The standard InChI is InChI=1S/C20H25N3O3S/c1-27(25,26)23-15-13-22(14-16-23)12-11-21-20(24)19-9-7-18(8-10-19)17-5-3-2-4-6-17/h2-10H,11-16H2,1H3,(H,21,24). The molecule has 0 saturated carbocycles. The Morgan fingerprint density at radius 2 is 1.52 bits per heavy atom. The second-order valence-electron chi connectivity index (χ2n) is 6.70. The quantitative estimate of drug-likeness (QED) is 0.819. The lowest BCUT2D eigenvalue weighted by atomic mass is 10.0. The smallest absolute Gasteiger partial charge is 0.251 e. The summed E-state index contributed by atoms with van der Waals surface area (Å²) in [6, 6.07) is 17.6. The Balaban J connectivity index is 1.45. The second-order valence-corrected chi connectivity index (χ2v) is 8.69. The first-order valence-electron chi connectivity index (χ1n) is 9.05. The van der Waals surface area contributed by atoms with Crippen LogP contribution in [0.25, 0.3) is 11.1 Å². The molecule has 0 spiro atoms. The predicted octanol–water partition coefficient (Wildman–Crippen LogP) is 1.66. The molecule has 1 fully saturated rings. The van der Waals surface area contributed by atoms with Crippen LogP contribution < -0.4 is 5.32 Å². The minimum atomic E-state index is -3.11. The zero-order valence-corrected chi connectivity index (χ0v) is 16.3. The normalized spacial score (nSPS) is 16.2. The van der Waals surface area contributed by atoms with E-state index in [0.717, 1.165) is 11.1 Å². The lowest BCUT2D eigenvalue weighted by Gasteiger charge is -2.33. The van der Waals surface area contributed by atoms with Gasteiger partial charge < -0.3 is 5.32 Å². The Kier molecular flexibility index (Phi) is 6.26. The summed E-state index contributed by atoms with van der Waals surface area (Å²) in [5.41, 5.74) is 2.84. The van der Waals surface area contributed by atoms with Crippen LogP contribution in [-0.2, 0) is 10.0 Å². The van der Waals surface area contributed by atoms with Gasteiger partial charge in [0.25, 0.3) is 5.91 Å². The molecule has 1 aliphatic rings. The fourth-order valence-electron chi connectivity index (χ4n) is 3.16. The zero-order chi connectivity index (χ0) is 19.3. The summed E-state index contributed by atoms with van der Waals surface area (Å²) in [7, 11) is -3.11. The van der Waals surface area contributed by atoms with Crippen molar-refractivity contribution in [3.05, 3.63) is 60.2 Å². The average molecular weight is 388 g/mol. The van der Waals surface area contributed by atoms with Gasteiger partial charge in [-0.05, 0) is 23.3 Å². The Morgan fingerprint density at radius 3 is 2.11 bits per heavy atom. The highest BCUT2D eigenvalue weighted by molar-refractivity contribution is 7.88. The van der Waals surface area contributed by atoms with Crippen LogP contribution >= 0.6 is 0 Å². The molecular weight excluding hydrogens is 362 g/mol. The van der Waals surface area contributed by atoms with E-state index in [1.807, 2.05) is 54.6 Å². The number of hydrogen-bond donors (Lipinski definition) is 1. The maximum absolute atomic E-state index is 12.3. The fourth-order valence-corrected chi connectivity index (χ4v) is 3.99. The summed E-state index contributed by atoms with van der Waals surface area (Å²) in [5, 5.41) is 2.93. The van der Waals surface area contributed by atoms with Crippen molar-refractivity contribution < 1.29 is 13.2 Å². The van der Waals surface area contributed by atoms with Gasteiger partial charge in [-0.15, -0.1) is 0 Å². The van der Waals surface area contributed by atoms with Gasteiger partial charge in [-0.2, -0.15) is 4.31 Å². The number of amides is 1. The van der Waals surface area contributed by atoms with Crippen LogP contribution in [0.15, 0.2) is 54.6 Å². The molecule has 27 heavy (non-hydrogen) atoms. The van der Waals surface area contributed by atoms with Gasteiger partial charge in [0.05, 0.1) is 6.26 Å². The third kappa shape index (κ3) is 5.38. The number of rotatable bonds is 6. The molecule has 144 valence electrons. The van der Waals surface area contributed by atoms with Crippen LogP contribution in [0, 0.1) is 0 Å². The van der Waals surface area contributed by atoms with Crippen molar-refractivity contribution in [3.8, 4) is 11.1 Å². The van der Waals surface area contributed by atoms with E-state index in [2.05, 4.69) is 10.2 Å². The van der Waals surface area contributed by atoms with Gasteiger partial charge in [0.15, 0.2) is 0 Å². The van der Waals surface area contributed by atoms with E-state index in [1.165, 1.54) is 10.6 Å². The van der Waals surface area contributed by atoms with Crippen LogP contribution in [0.5, 0.6) is 0 Å². The highest BCUT2D eigenvalue weighted by Gasteiger charge is 2.22. The SMILES string of the molecule is CS(=O)(=O)N1CCN(CCNC(=O)c2ccc(-c3ccccc3)cc2)CC1. The molecule has 1 aliphatic heterocycles. The third-order valence-electron chi connectivity index (χ3n) is 4.77. The number of carbonyl (C=O) groups excluding carboxylic acids is 1. The van der Waals surface area contributed by atoms with E-state index >= 15 is 0 Å². The first-order chi connectivity index (χ1) is 12.9. The van der Waals surface area contributed by atoms with E-state index in [4.69, 9.17) is 0 Å². The van der Waals surface area contributed by atoms with Gasteiger partial charge in [0, 0.05) is 44.8 Å². The molecule has 0 unspecified atom stereocenters. The summed E-state index contributed by atoms with van der Waals surface area (Å²) in [6.45, 7) is 3.65. The van der Waals surface area contributed by atoms with E-state index in [1.54, 1.807) is 0 Å². The number of piperazine rings is 1. The minimum absolute atomic E-state index is 0.0932. The second kappa shape index (κ2) is 8.65. The van der Waals surface area contributed by atoms with Crippen molar-refractivity contribution in [3.63, 3.8) is 0 Å². The number of carbonyl (C=O) groups is 1. The molecule has 0 atom stereocenters. The molecule has 1 heterocycles. The zero-order valence-electron chi connectivity index (χ0n) is 15.5. The Bertz CT molecular complexity index is 859. The topological polar surface area (TPSA) is 69.7 Å². The van der Waals surface area contributed by atoms with Crippen LogP contribution in [-0.4, -0.2) is 69.1 Å². The predicted molar refractivity (Wildman–Crippen MR) is 107 cm³/mol. The van der Waals surface area contributed by atoms with Crippen molar-refractivity contribution in [1.82, 2.24) is 14.5 Å². The first-order valence-corrected chi connectivity index (χ1v) is 10.9. The first kappa shape index (κ1) is 19.5. The fraction of sp³-hybridized carbons (Fsp3) is 0.350. The largest absolute Gasteiger partial charge is 0.351 e. The van der Waals surface area contributed by atoms with Crippen LogP contribution in [0.3, 0.4) is 0 Å². The molecule has 0 bridgehead atoms. The summed E-state index contributed by atoms with van der Waals surface area (Å²) in [5.74, 6) is -0.0932. The molecule has 2 aromatic rings. The number of nitrogens with zero attached hydrogens (tertiary/aromatic N) is 2. The lowest BCUT2D eigenvalue weighted by molar-refractivity contribution is 0.0945. The van der Waals surface area contributed by atoms with Gasteiger partial charge in [0.1, 0.15) is 0 Å². The minimum Gasteiger partial charge on any atom is -0.351 e. The maximum Gasteiger partial charge on any atom is 0.251 e. The molecule has 0 radical (unpaired) electrons. The molecule has 1 saturated heterocycles.